The van der Waals surface area contributed by atoms with Crippen molar-refractivity contribution in [3.63, 3.8) is 0 Å². The number of aromatic nitrogens is 1. The first-order valence-corrected chi connectivity index (χ1v) is 12.5. The molecule has 0 unspecified atom stereocenters. The molecule has 3 aromatic rings. The second-order valence-electron chi connectivity index (χ2n) is 9.22. The van der Waals surface area contributed by atoms with Crippen molar-refractivity contribution in [3.8, 4) is 0 Å². The number of hydrogen-bond acceptors (Lipinski definition) is 6. The Kier molecular flexibility index (Phi) is 10.5. The molecule has 2 amide bonds. The number of non-ortho nitro benzene ring substituents is 1. The average Bonchev–Trinajstić information content (AvgIpc) is 2.94. The van der Waals surface area contributed by atoms with Gasteiger partial charge in [-0.3, -0.25) is 24.5 Å². The molecule has 1 aliphatic rings. The molecular formula is C28H27F3N4O6. The molecule has 0 saturated carbocycles. The number of piperidine rings is 1. The molecule has 0 aliphatic carbocycles. The van der Waals surface area contributed by atoms with Gasteiger partial charge in [-0.25, -0.2) is 4.98 Å². The summed E-state index contributed by atoms with van der Waals surface area (Å²) in [5.41, 5.74) is 1.14. The summed E-state index contributed by atoms with van der Waals surface area (Å²) < 4.78 is 38.5. The van der Waals surface area contributed by atoms with Crippen LogP contribution in [0.3, 0.4) is 0 Å². The molecule has 1 aliphatic heterocycles. The zero-order valence-electron chi connectivity index (χ0n) is 21.7. The number of carbonyl (C=O) groups is 3. The molecule has 13 heteroatoms. The number of likely N-dealkylation sites (tertiary alicyclic amines) is 1. The molecule has 2 N–H and O–H groups in total. The number of carbonyl (C=O) groups excluding carboxylic acids is 2. The zero-order chi connectivity index (χ0) is 30.0. The van der Waals surface area contributed by atoms with E-state index in [0.29, 0.717) is 24.3 Å². The number of alkyl halides is 3. The third-order valence-corrected chi connectivity index (χ3v) is 6.43. The lowest BCUT2D eigenvalue weighted by atomic mass is 9.89. The predicted octanol–water partition coefficient (Wildman–Crippen LogP) is 4.84. The van der Waals surface area contributed by atoms with Crippen molar-refractivity contribution in [2.75, 3.05) is 18.4 Å². The lowest BCUT2D eigenvalue weighted by molar-refractivity contribution is -0.384. The molecule has 10 nitrogen and oxygen atoms in total. The highest BCUT2D eigenvalue weighted by molar-refractivity contribution is 5.92. The van der Waals surface area contributed by atoms with Crippen molar-refractivity contribution in [2.45, 2.75) is 37.8 Å². The molecule has 1 aromatic heterocycles. The van der Waals surface area contributed by atoms with E-state index >= 15 is 0 Å². The molecular weight excluding hydrogens is 545 g/mol. The van der Waals surface area contributed by atoms with Crippen molar-refractivity contribution in [1.82, 2.24) is 9.88 Å². The van der Waals surface area contributed by atoms with Crippen LogP contribution >= 0.6 is 0 Å². The quantitative estimate of drug-likeness (QED) is 0.234. The van der Waals surface area contributed by atoms with Crippen LogP contribution in [0.15, 0.2) is 66.7 Å². The molecule has 0 radical (unpaired) electrons. The van der Waals surface area contributed by atoms with Crippen molar-refractivity contribution < 1.29 is 37.6 Å². The topological polar surface area (TPSA) is 143 Å². The summed E-state index contributed by atoms with van der Waals surface area (Å²) in [5.74, 6) is -0.312. The summed E-state index contributed by atoms with van der Waals surface area (Å²) in [6.07, 6.45) is -3.23. The van der Waals surface area contributed by atoms with Gasteiger partial charge in [0, 0.05) is 30.9 Å². The Morgan fingerprint density at radius 2 is 1.68 bits per heavy atom. The average molecular weight is 573 g/mol. The zero-order valence-corrected chi connectivity index (χ0v) is 21.7. The van der Waals surface area contributed by atoms with E-state index in [2.05, 4.69) is 10.3 Å². The minimum absolute atomic E-state index is 0.0285. The van der Waals surface area contributed by atoms with Crippen molar-refractivity contribution in [3.05, 3.63) is 99.4 Å². The first-order valence-electron chi connectivity index (χ1n) is 12.5. The maximum atomic E-state index is 12.8. The number of nitrogens with one attached hydrogen (secondary N) is 1. The highest BCUT2D eigenvalue weighted by Crippen LogP contribution is 2.30. The van der Waals surface area contributed by atoms with Crippen LogP contribution < -0.4 is 5.32 Å². The van der Waals surface area contributed by atoms with Crippen LogP contribution in [0.1, 0.15) is 41.3 Å². The van der Waals surface area contributed by atoms with Gasteiger partial charge in [0.25, 0.3) is 12.2 Å². The van der Waals surface area contributed by atoms with Gasteiger partial charge in [-0.15, -0.1) is 0 Å². The lowest BCUT2D eigenvalue weighted by Crippen LogP contribution is -2.38. The smallest absolute Gasteiger partial charge is 0.433 e. The van der Waals surface area contributed by atoms with E-state index in [1.54, 1.807) is 29.2 Å². The Balaban J connectivity index is 0.00000147. The summed E-state index contributed by atoms with van der Waals surface area (Å²) in [6, 6.07) is 16.8. The monoisotopic (exact) mass is 572 g/mol. The predicted molar refractivity (Wildman–Crippen MR) is 142 cm³/mol. The van der Waals surface area contributed by atoms with Crippen LogP contribution in [-0.4, -0.2) is 51.3 Å². The molecule has 0 spiro atoms. The van der Waals surface area contributed by atoms with Gasteiger partial charge in [-0.1, -0.05) is 30.3 Å². The minimum atomic E-state index is -4.57. The van der Waals surface area contributed by atoms with Gasteiger partial charge < -0.3 is 15.3 Å². The standard InChI is InChI=1S/C27H25F3N4O4.CH2O2/c28-27(29,30)24-6-2-4-22(31-24)17-25(35)32-21-9-7-19(8-10-21)20-11-13-33(14-12-20)26(36)16-18-3-1-5-23(15-18)34(37)38;2-1-3/h1-10,15,20H,11-14,16-17H2,(H,32,35);1H,(H,2,3). The van der Waals surface area contributed by atoms with E-state index in [1.165, 1.54) is 24.3 Å². The number of pyridine rings is 1. The maximum Gasteiger partial charge on any atom is 0.433 e. The number of hydrogen-bond donors (Lipinski definition) is 2. The number of carboxylic acid groups (broad SMARTS) is 1. The van der Waals surface area contributed by atoms with Gasteiger partial charge in [0.15, 0.2) is 0 Å². The number of rotatable bonds is 7. The minimum Gasteiger partial charge on any atom is -0.483 e. The third-order valence-electron chi connectivity index (χ3n) is 6.43. The molecule has 0 atom stereocenters. The summed E-state index contributed by atoms with van der Waals surface area (Å²) in [7, 11) is 0. The molecule has 1 saturated heterocycles. The number of benzene rings is 2. The maximum absolute atomic E-state index is 12.8. The van der Waals surface area contributed by atoms with Crippen LogP contribution in [0.2, 0.25) is 0 Å². The van der Waals surface area contributed by atoms with Gasteiger partial charge >= 0.3 is 6.18 Å². The summed E-state index contributed by atoms with van der Waals surface area (Å²) >= 11 is 0. The van der Waals surface area contributed by atoms with E-state index < -0.39 is 22.7 Å². The van der Waals surface area contributed by atoms with Gasteiger partial charge in [-0.2, -0.15) is 13.2 Å². The van der Waals surface area contributed by atoms with Gasteiger partial charge in [0.1, 0.15) is 5.69 Å². The fourth-order valence-electron chi connectivity index (χ4n) is 4.47. The fourth-order valence-corrected chi connectivity index (χ4v) is 4.47. The van der Waals surface area contributed by atoms with E-state index in [4.69, 9.17) is 9.90 Å². The molecule has 2 heterocycles. The summed E-state index contributed by atoms with van der Waals surface area (Å²) in [6.45, 7) is 0.891. The number of amides is 2. The van der Waals surface area contributed by atoms with Crippen molar-refractivity contribution >= 4 is 29.7 Å². The third kappa shape index (κ3) is 9.12. The Bertz CT molecular complexity index is 1370. The molecule has 2 aromatic carbocycles. The van der Waals surface area contributed by atoms with Crippen LogP contribution in [0.25, 0.3) is 0 Å². The first kappa shape index (κ1) is 30.7. The highest BCUT2D eigenvalue weighted by atomic mass is 19.4. The lowest BCUT2D eigenvalue weighted by Gasteiger charge is -2.32. The van der Waals surface area contributed by atoms with E-state index in [0.717, 1.165) is 24.5 Å². The number of anilines is 1. The molecule has 41 heavy (non-hydrogen) atoms. The summed E-state index contributed by atoms with van der Waals surface area (Å²) in [4.78, 5) is 49.1. The Morgan fingerprint density at radius 3 is 2.29 bits per heavy atom. The first-order chi connectivity index (χ1) is 19.5. The van der Waals surface area contributed by atoms with Crippen LogP contribution in [0, 0.1) is 10.1 Å². The van der Waals surface area contributed by atoms with Crippen molar-refractivity contribution in [2.24, 2.45) is 0 Å². The molecule has 0 bridgehead atoms. The van der Waals surface area contributed by atoms with Crippen LogP contribution in [0.4, 0.5) is 24.5 Å². The number of nitrogens with zero attached hydrogens (tertiary/aromatic N) is 3. The Hall–Kier alpha value is -4.81. The second-order valence-corrected chi connectivity index (χ2v) is 9.22. The fraction of sp³-hybridized carbons (Fsp3) is 0.286. The molecule has 1 fully saturated rings. The van der Waals surface area contributed by atoms with E-state index in [-0.39, 0.29) is 42.5 Å². The van der Waals surface area contributed by atoms with E-state index in [1.807, 2.05) is 12.1 Å². The second kappa shape index (κ2) is 14.0. The SMILES string of the molecule is O=C(Cc1cccc(C(F)(F)F)n1)Nc1ccc(C2CCN(C(=O)Cc3cccc([N+](=O)[O-])c3)CC2)cc1.O=CO. The van der Waals surface area contributed by atoms with E-state index in [9.17, 15) is 32.9 Å². The van der Waals surface area contributed by atoms with Crippen molar-refractivity contribution in [1.29, 1.82) is 0 Å². The normalized spacial score (nSPS) is 13.5. The largest absolute Gasteiger partial charge is 0.483 e. The van der Waals surface area contributed by atoms with Gasteiger partial charge in [0.05, 0.1) is 23.5 Å². The highest BCUT2D eigenvalue weighted by Gasteiger charge is 2.32. The van der Waals surface area contributed by atoms with Crippen LogP contribution in [-0.2, 0) is 33.4 Å². The Labute approximate surface area is 233 Å². The van der Waals surface area contributed by atoms with Gasteiger partial charge in [-0.05, 0) is 54.2 Å². The van der Waals surface area contributed by atoms with Gasteiger partial charge in [0.2, 0.25) is 11.8 Å². The van der Waals surface area contributed by atoms with Crippen LogP contribution in [0.5, 0.6) is 0 Å². The summed E-state index contributed by atoms with van der Waals surface area (Å²) in [5, 5.41) is 20.5. The Morgan fingerprint density at radius 1 is 1.05 bits per heavy atom. The number of nitro benzene ring substituents is 1. The molecule has 4 rings (SSSR count). The number of halogens is 3. The number of nitro groups is 1. The molecule has 216 valence electrons.